The van der Waals surface area contributed by atoms with Crippen molar-refractivity contribution < 1.29 is 14.7 Å². The number of nitrogens with zero attached hydrogens (tertiary/aromatic N) is 2. The first-order valence-electron chi connectivity index (χ1n) is 8.83. The number of hydrogen-bond donors (Lipinski definition) is 2. The van der Waals surface area contributed by atoms with Crippen molar-refractivity contribution in [2.24, 2.45) is 5.41 Å². The first-order valence-corrected chi connectivity index (χ1v) is 8.83. The van der Waals surface area contributed by atoms with E-state index in [-0.39, 0.29) is 28.4 Å². The van der Waals surface area contributed by atoms with Gasteiger partial charge in [0.05, 0.1) is 6.10 Å². The van der Waals surface area contributed by atoms with E-state index in [2.05, 4.69) is 4.98 Å². The fourth-order valence-corrected chi connectivity index (χ4v) is 3.94. The predicted molar refractivity (Wildman–Crippen MR) is 92.1 cm³/mol. The number of aromatic amines is 1. The summed E-state index contributed by atoms with van der Waals surface area (Å²) in [5.41, 5.74) is -0.171. The van der Waals surface area contributed by atoms with E-state index in [1.165, 1.54) is 6.20 Å². The fourth-order valence-electron chi connectivity index (χ4n) is 3.94. The van der Waals surface area contributed by atoms with Crippen molar-refractivity contribution in [3.63, 3.8) is 0 Å². The van der Waals surface area contributed by atoms with Crippen molar-refractivity contribution in [3.8, 4) is 0 Å². The molecule has 2 N–H and O–H groups in total. The lowest BCUT2D eigenvalue weighted by molar-refractivity contribution is -0.140. The second kappa shape index (κ2) is 7.00. The topological polar surface area (TPSA) is 93.7 Å². The molecule has 1 aromatic heterocycles. The molecule has 0 bridgehead atoms. The molecule has 1 atom stereocenters. The normalized spacial score (nSPS) is 21.4. The number of likely N-dealkylation sites (tertiary alicyclic amines) is 2. The highest BCUT2D eigenvalue weighted by atomic mass is 16.3. The highest BCUT2D eigenvalue weighted by Crippen LogP contribution is 2.40. The van der Waals surface area contributed by atoms with Crippen LogP contribution in [0.3, 0.4) is 0 Å². The molecule has 0 radical (unpaired) electrons. The van der Waals surface area contributed by atoms with E-state index in [9.17, 15) is 19.5 Å². The number of H-pyrrole nitrogens is 1. The molecule has 3 rings (SSSR count). The summed E-state index contributed by atoms with van der Waals surface area (Å²) in [5.74, 6) is -0.134. The zero-order valence-corrected chi connectivity index (χ0v) is 14.5. The van der Waals surface area contributed by atoms with Crippen LogP contribution in [-0.4, -0.2) is 64.0 Å². The lowest BCUT2D eigenvalue weighted by Gasteiger charge is -2.47. The second-order valence-electron chi connectivity index (χ2n) is 7.33. The highest BCUT2D eigenvalue weighted by molar-refractivity contribution is 5.93. The summed E-state index contributed by atoms with van der Waals surface area (Å²) in [6.07, 6.45) is 3.93. The van der Waals surface area contributed by atoms with Gasteiger partial charge in [-0.2, -0.15) is 0 Å². The van der Waals surface area contributed by atoms with Gasteiger partial charge in [0.25, 0.3) is 11.5 Å². The van der Waals surface area contributed by atoms with Gasteiger partial charge in [-0.3, -0.25) is 14.4 Å². The SMILES string of the molecule is C[C@H](O)CN1CC2(CCC1=O)CCN(C(=O)c1ccc[nH]c1=O)CC2. The molecule has 2 aliphatic heterocycles. The molecule has 1 aromatic rings. The molecule has 2 fully saturated rings. The number of carbonyl (C=O) groups excluding carboxylic acids is 2. The number of rotatable bonds is 3. The largest absolute Gasteiger partial charge is 0.392 e. The summed E-state index contributed by atoms with van der Waals surface area (Å²) in [6.45, 7) is 3.87. The quantitative estimate of drug-likeness (QED) is 0.837. The van der Waals surface area contributed by atoms with E-state index >= 15 is 0 Å². The van der Waals surface area contributed by atoms with Crippen LogP contribution in [0, 0.1) is 5.41 Å². The van der Waals surface area contributed by atoms with Gasteiger partial charge in [0.1, 0.15) is 5.56 Å². The molecule has 3 heterocycles. The second-order valence-corrected chi connectivity index (χ2v) is 7.33. The number of aliphatic hydroxyl groups is 1. The Morgan fingerprint density at radius 1 is 1.32 bits per heavy atom. The van der Waals surface area contributed by atoms with Gasteiger partial charge < -0.3 is 19.9 Å². The van der Waals surface area contributed by atoms with Gasteiger partial charge in [-0.15, -0.1) is 0 Å². The van der Waals surface area contributed by atoms with Gasteiger partial charge in [0.15, 0.2) is 0 Å². The molecule has 25 heavy (non-hydrogen) atoms. The summed E-state index contributed by atoms with van der Waals surface area (Å²) in [7, 11) is 0. The summed E-state index contributed by atoms with van der Waals surface area (Å²) < 4.78 is 0. The third-order valence-corrected chi connectivity index (χ3v) is 5.39. The van der Waals surface area contributed by atoms with Crippen LogP contribution >= 0.6 is 0 Å². The van der Waals surface area contributed by atoms with Crippen LogP contribution in [0.1, 0.15) is 43.0 Å². The molecule has 0 aliphatic carbocycles. The highest BCUT2D eigenvalue weighted by Gasteiger charge is 2.42. The summed E-state index contributed by atoms with van der Waals surface area (Å²) in [5, 5.41) is 9.60. The van der Waals surface area contributed by atoms with Crippen molar-refractivity contribution in [2.45, 2.75) is 38.7 Å². The Morgan fingerprint density at radius 2 is 2.04 bits per heavy atom. The molecule has 0 unspecified atom stereocenters. The minimum Gasteiger partial charge on any atom is -0.392 e. The summed E-state index contributed by atoms with van der Waals surface area (Å²) >= 11 is 0. The van der Waals surface area contributed by atoms with E-state index in [1.54, 1.807) is 28.9 Å². The van der Waals surface area contributed by atoms with Crippen LogP contribution in [0.5, 0.6) is 0 Å². The third-order valence-electron chi connectivity index (χ3n) is 5.39. The lowest BCUT2D eigenvalue weighted by atomic mass is 9.72. The van der Waals surface area contributed by atoms with E-state index in [1.807, 2.05) is 0 Å². The number of hydrogen-bond acceptors (Lipinski definition) is 4. The Hall–Kier alpha value is -2.15. The van der Waals surface area contributed by atoms with Crippen molar-refractivity contribution >= 4 is 11.8 Å². The van der Waals surface area contributed by atoms with Crippen LogP contribution in [-0.2, 0) is 4.79 Å². The maximum absolute atomic E-state index is 12.6. The summed E-state index contributed by atoms with van der Waals surface area (Å²) in [4.78, 5) is 42.5. The van der Waals surface area contributed by atoms with Crippen LogP contribution < -0.4 is 5.56 Å². The molecule has 2 amide bonds. The molecule has 2 aliphatic rings. The first-order chi connectivity index (χ1) is 11.9. The lowest BCUT2D eigenvalue weighted by Crippen LogP contribution is -2.53. The molecule has 7 heteroatoms. The predicted octanol–water partition coefficient (Wildman–Crippen LogP) is 0.600. The van der Waals surface area contributed by atoms with Crippen LogP contribution in [0.25, 0.3) is 0 Å². The summed E-state index contributed by atoms with van der Waals surface area (Å²) in [6, 6.07) is 3.20. The maximum atomic E-state index is 12.6. The van der Waals surface area contributed by atoms with E-state index < -0.39 is 6.10 Å². The van der Waals surface area contributed by atoms with Gasteiger partial charge >= 0.3 is 0 Å². The molecular weight excluding hydrogens is 322 g/mol. The van der Waals surface area contributed by atoms with E-state index in [0.29, 0.717) is 32.6 Å². The van der Waals surface area contributed by atoms with Gasteiger partial charge in [-0.25, -0.2) is 0 Å². The average Bonchev–Trinajstić information content (AvgIpc) is 2.58. The van der Waals surface area contributed by atoms with Crippen molar-refractivity contribution in [2.75, 3.05) is 26.2 Å². The Morgan fingerprint density at radius 3 is 2.68 bits per heavy atom. The number of β-amino-alcohol motifs (C(OH)–C–C–N with tert-alkyl or cyclic N) is 1. The van der Waals surface area contributed by atoms with Crippen LogP contribution in [0.2, 0.25) is 0 Å². The van der Waals surface area contributed by atoms with Gasteiger partial charge in [-0.05, 0) is 43.7 Å². The van der Waals surface area contributed by atoms with Crippen LogP contribution in [0.15, 0.2) is 23.1 Å². The average molecular weight is 347 g/mol. The molecule has 1 spiro atoms. The fraction of sp³-hybridized carbons (Fsp3) is 0.611. The number of nitrogens with one attached hydrogen (secondary N) is 1. The van der Waals surface area contributed by atoms with E-state index in [0.717, 1.165) is 19.3 Å². The van der Waals surface area contributed by atoms with Crippen LogP contribution in [0.4, 0.5) is 0 Å². The van der Waals surface area contributed by atoms with Gasteiger partial charge in [-0.1, -0.05) is 0 Å². The van der Waals surface area contributed by atoms with Crippen molar-refractivity contribution in [1.29, 1.82) is 0 Å². The number of piperidine rings is 2. The maximum Gasteiger partial charge on any atom is 0.260 e. The van der Waals surface area contributed by atoms with E-state index in [4.69, 9.17) is 0 Å². The zero-order chi connectivity index (χ0) is 18.0. The van der Waals surface area contributed by atoms with Gasteiger partial charge in [0, 0.05) is 38.8 Å². The first kappa shape index (κ1) is 17.7. The molecule has 2 saturated heterocycles. The molecular formula is C18H25N3O4. The Balaban J connectivity index is 1.65. The standard InChI is InChI=1S/C18H25N3O4/c1-13(22)11-21-12-18(5-4-15(21)23)6-9-20(10-7-18)17(25)14-3-2-8-19-16(14)24/h2-3,8,13,22H,4-7,9-12H2,1H3,(H,19,24)/t13-/m0/s1. The Labute approximate surface area is 146 Å². The monoisotopic (exact) mass is 347 g/mol. The van der Waals surface area contributed by atoms with Crippen molar-refractivity contribution in [1.82, 2.24) is 14.8 Å². The molecule has 0 saturated carbocycles. The third kappa shape index (κ3) is 3.76. The van der Waals surface area contributed by atoms with Gasteiger partial charge in [0.2, 0.25) is 5.91 Å². The Kier molecular flexibility index (Phi) is 4.94. The smallest absolute Gasteiger partial charge is 0.260 e. The zero-order valence-electron chi connectivity index (χ0n) is 14.5. The number of aliphatic hydroxyl groups excluding tert-OH is 1. The number of aromatic nitrogens is 1. The minimum atomic E-state index is -0.537. The number of pyridine rings is 1. The number of carbonyl (C=O) groups is 2. The molecule has 136 valence electrons. The Bertz CT molecular complexity index is 704. The molecule has 7 nitrogen and oxygen atoms in total. The number of amides is 2. The molecule has 0 aromatic carbocycles. The minimum absolute atomic E-state index is 0.0166. The van der Waals surface area contributed by atoms with Crippen molar-refractivity contribution in [3.05, 3.63) is 34.2 Å².